The highest BCUT2D eigenvalue weighted by molar-refractivity contribution is 5.66. The lowest BCUT2D eigenvalue weighted by molar-refractivity contribution is -0.144. The third-order valence-electron chi connectivity index (χ3n) is 3.47. The topological polar surface area (TPSA) is 29.3 Å². The second-order valence-corrected chi connectivity index (χ2v) is 4.35. The van der Waals surface area contributed by atoms with Crippen LogP contribution in [0.15, 0.2) is 0 Å². The van der Waals surface area contributed by atoms with Crippen LogP contribution in [0.3, 0.4) is 0 Å². The van der Waals surface area contributed by atoms with Gasteiger partial charge >= 0.3 is 5.97 Å². The van der Waals surface area contributed by atoms with Crippen molar-refractivity contribution in [2.24, 2.45) is 0 Å². The first-order valence-electron chi connectivity index (χ1n) is 5.42. The summed E-state index contributed by atoms with van der Waals surface area (Å²) < 4.78 is 5.22. The lowest BCUT2D eigenvalue weighted by Crippen LogP contribution is -2.35. The first-order valence-corrected chi connectivity index (χ1v) is 5.42. The summed E-state index contributed by atoms with van der Waals surface area (Å²) in [5, 5.41) is 0. The van der Waals surface area contributed by atoms with Crippen LogP contribution in [0.5, 0.6) is 0 Å². The van der Waals surface area contributed by atoms with Crippen molar-refractivity contribution in [3.8, 4) is 0 Å². The molecule has 0 bridgehead atoms. The molecule has 0 aromatic rings. The van der Waals surface area contributed by atoms with E-state index in [1.807, 2.05) is 0 Å². The molecule has 14 heavy (non-hydrogen) atoms. The summed E-state index contributed by atoms with van der Waals surface area (Å²) in [4.78, 5) is 13.1. The molecule has 3 heteroatoms. The second-order valence-electron chi connectivity index (χ2n) is 4.35. The Bertz CT molecular complexity index is 223. The van der Waals surface area contributed by atoms with Gasteiger partial charge in [-0.1, -0.05) is 13.8 Å². The Morgan fingerprint density at radius 3 is 2.29 bits per heavy atom. The quantitative estimate of drug-likeness (QED) is 0.513. The van der Waals surface area contributed by atoms with Gasteiger partial charge in [-0.15, -0.1) is 0 Å². The van der Waals surface area contributed by atoms with Crippen molar-refractivity contribution in [2.75, 3.05) is 0 Å². The van der Waals surface area contributed by atoms with Crippen LogP contribution < -0.4 is 0 Å². The predicted molar refractivity (Wildman–Crippen MR) is 55.8 cm³/mol. The van der Waals surface area contributed by atoms with Gasteiger partial charge in [-0.2, -0.15) is 0 Å². The molecule has 0 saturated carbocycles. The second kappa shape index (κ2) is 3.89. The molecule has 0 N–H and O–H groups in total. The molecule has 1 heterocycles. The van der Waals surface area contributed by atoms with Crippen molar-refractivity contribution >= 4 is 5.97 Å². The van der Waals surface area contributed by atoms with E-state index in [1.165, 1.54) is 6.92 Å². The van der Waals surface area contributed by atoms with Crippen molar-refractivity contribution in [2.45, 2.75) is 65.3 Å². The Hall–Kier alpha value is -0.570. The molecule has 3 unspecified atom stereocenters. The van der Waals surface area contributed by atoms with Crippen LogP contribution in [0.2, 0.25) is 0 Å². The molecule has 1 fully saturated rings. The maximum Gasteiger partial charge on any atom is 0.304 e. The number of nitrogens with zero attached hydrogens (tertiary/aromatic N) is 1. The predicted octanol–water partition coefficient (Wildman–Crippen LogP) is 2.16. The molecule has 1 aliphatic heterocycles. The van der Waals surface area contributed by atoms with E-state index < -0.39 is 0 Å². The fourth-order valence-electron chi connectivity index (χ4n) is 2.06. The third kappa shape index (κ3) is 1.92. The van der Waals surface area contributed by atoms with E-state index in [0.717, 1.165) is 12.8 Å². The minimum Gasteiger partial charge on any atom is -0.445 e. The molecule has 3 atom stereocenters. The normalized spacial score (nSPS) is 31.4. The lowest BCUT2D eigenvalue weighted by Gasteiger charge is -2.29. The van der Waals surface area contributed by atoms with Gasteiger partial charge in [-0.3, -0.25) is 9.69 Å². The summed E-state index contributed by atoms with van der Waals surface area (Å²) >= 11 is 0. The van der Waals surface area contributed by atoms with E-state index in [2.05, 4.69) is 32.6 Å². The monoisotopic (exact) mass is 199 g/mol. The smallest absolute Gasteiger partial charge is 0.304 e. The van der Waals surface area contributed by atoms with Crippen molar-refractivity contribution < 1.29 is 9.53 Å². The molecule has 0 aliphatic carbocycles. The van der Waals surface area contributed by atoms with Gasteiger partial charge in [-0.25, -0.2) is 0 Å². The van der Waals surface area contributed by atoms with E-state index in [0.29, 0.717) is 6.04 Å². The summed E-state index contributed by atoms with van der Waals surface area (Å²) in [6, 6.07) is 0.379. The molecule has 1 aliphatic rings. The SMILES string of the molecule is CCC(C)(CC)N1C(C)C1OC(C)=O. The molecule has 0 aromatic heterocycles. The lowest BCUT2D eigenvalue weighted by atomic mass is 9.95. The Labute approximate surface area is 86.4 Å². The van der Waals surface area contributed by atoms with Gasteiger partial charge in [0.1, 0.15) is 0 Å². The zero-order valence-electron chi connectivity index (χ0n) is 9.83. The fourth-order valence-corrected chi connectivity index (χ4v) is 2.06. The standard InChI is InChI=1S/C11H21NO2/c1-6-11(5,7-2)12-8(3)10(12)14-9(4)13/h8,10H,6-7H2,1-5H3. The zero-order chi connectivity index (χ0) is 10.9. The van der Waals surface area contributed by atoms with E-state index in [9.17, 15) is 4.79 Å². The number of hydrogen-bond donors (Lipinski definition) is 0. The summed E-state index contributed by atoms with van der Waals surface area (Å²) in [5.74, 6) is -0.182. The average molecular weight is 199 g/mol. The number of ether oxygens (including phenoxy) is 1. The Morgan fingerprint density at radius 2 is 1.93 bits per heavy atom. The highest BCUT2D eigenvalue weighted by Gasteiger charge is 2.54. The van der Waals surface area contributed by atoms with E-state index >= 15 is 0 Å². The number of hydrogen-bond acceptors (Lipinski definition) is 3. The van der Waals surface area contributed by atoms with Crippen LogP contribution in [0.25, 0.3) is 0 Å². The maximum absolute atomic E-state index is 10.8. The van der Waals surface area contributed by atoms with Gasteiger partial charge in [0.25, 0.3) is 0 Å². The van der Waals surface area contributed by atoms with Crippen molar-refractivity contribution in [1.29, 1.82) is 0 Å². The Kier molecular flexibility index (Phi) is 3.20. The largest absolute Gasteiger partial charge is 0.445 e. The Morgan fingerprint density at radius 1 is 1.43 bits per heavy atom. The number of rotatable bonds is 4. The highest BCUT2D eigenvalue weighted by Crippen LogP contribution is 2.41. The van der Waals surface area contributed by atoms with Crippen LogP contribution >= 0.6 is 0 Å². The van der Waals surface area contributed by atoms with Gasteiger partial charge in [-0.05, 0) is 26.7 Å². The molecule has 0 spiro atoms. The van der Waals surface area contributed by atoms with Gasteiger partial charge in [0.2, 0.25) is 0 Å². The van der Waals surface area contributed by atoms with Gasteiger partial charge in [0.05, 0.1) is 6.04 Å². The van der Waals surface area contributed by atoms with E-state index in [1.54, 1.807) is 0 Å². The summed E-state index contributed by atoms with van der Waals surface area (Å²) in [6.07, 6.45) is 2.19. The van der Waals surface area contributed by atoms with Gasteiger partial charge in [0, 0.05) is 12.5 Å². The van der Waals surface area contributed by atoms with Crippen LogP contribution in [-0.4, -0.2) is 28.7 Å². The van der Waals surface area contributed by atoms with Crippen LogP contribution in [-0.2, 0) is 9.53 Å². The summed E-state index contributed by atoms with van der Waals surface area (Å²) in [7, 11) is 0. The summed E-state index contributed by atoms with van der Waals surface area (Å²) in [5.41, 5.74) is 0.180. The Balaban J connectivity index is 2.59. The molecule has 82 valence electrons. The maximum atomic E-state index is 10.8. The minimum absolute atomic E-state index is 0.0115. The van der Waals surface area contributed by atoms with Crippen molar-refractivity contribution in [1.82, 2.24) is 4.90 Å². The molecule has 3 nitrogen and oxygen atoms in total. The van der Waals surface area contributed by atoms with Crippen molar-refractivity contribution in [3.63, 3.8) is 0 Å². The van der Waals surface area contributed by atoms with Crippen LogP contribution in [0.1, 0.15) is 47.5 Å². The average Bonchev–Trinajstić information content (AvgIpc) is 2.75. The first-order chi connectivity index (χ1) is 6.46. The molecular weight excluding hydrogens is 178 g/mol. The number of carbonyl (C=O) groups excluding carboxylic acids is 1. The molecule has 1 rings (SSSR count). The van der Waals surface area contributed by atoms with E-state index in [-0.39, 0.29) is 17.7 Å². The molecular formula is C11H21NO2. The minimum atomic E-state index is -0.182. The van der Waals surface area contributed by atoms with Crippen LogP contribution in [0.4, 0.5) is 0 Å². The molecule has 0 radical (unpaired) electrons. The molecule has 0 aromatic carbocycles. The first kappa shape index (κ1) is 11.5. The zero-order valence-corrected chi connectivity index (χ0v) is 9.83. The van der Waals surface area contributed by atoms with E-state index in [4.69, 9.17) is 4.74 Å². The third-order valence-corrected chi connectivity index (χ3v) is 3.47. The van der Waals surface area contributed by atoms with Gasteiger partial charge in [0.15, 0.2) is 6.23 Å². The van der Waals surface area contributed by atoms with Gasteiger partial charge < -0.3 is 4.74 Å². The highest BCUT2D eigenvalue weighted by atomic mass is 16.6. The summed E-state index contributed by atoms with van der Waals surface area (Å²) in [6.45, 7) is 10.2. The van der Waals surface area contributed by atoms with Crippen molar-refractivity contribution in [3.05, 3.63) is 0 Å². The number of esters is 1. The number of carbonyl (C=O) groups is 1. The van der Waals surface area contributed by atoms with Crippen LogP contribution in [0, 0.1) is 0 Å². The fraction of sp³-hybridized carbons (Fsp3) is 0.909. The molecule has 0 amide bonds. The molecule has 1 saturated heterocycles.